The van der Waals surface area contributed by atoms with E-state index in [-0.39, 0.29) is 24.5 Å². The summed E-state index contributed by atoms with van der Waals surface area (Å²) in [5.41, 5.74) is 28.0. The maximum Gasteiger partial charge on any atom is 0.229 e. The van der Waals surface area contributed by atoms with Crippen LogP contribution in [0.5, 0.6) is 11.5 Å². The van der Waals surface area contributed by atoms with Gasteiger partial charge in [0.15, 0.2) is 5.96 Å². The Kier molecular flexibility index (Phi) is 15.2. The number of aliphatic imine (C=N–C) groups is 1. The fourth-order valence-corrected chi connectivity index (χ4v) is 4.74. The molecule has 1 aromatic heterocycles. The zero-order chi connectivity index (χ0) is 33.1. The molecule has 248 valence electrons. The monoisotopic (exact) mass is 633 g/mol. The molecule has 1 unspecified atom stereocenters. The van der Waals surface area contributed by atoms with Gasteiger partial charge in [-0.25, -0.2) is 0 Å². The molecule has 46 heavy (non-hydrogen) atoms. The Morgan fingerprint density at radius 3 is 2.35 bits per heavy atom. The maximum atomic E-state index is 13.0. The van der Waals surface area contributed by atoms with Crippen LogP contribution in [-0.4, -0.2) is 58.6 Å². The zero-order valence-corrected chi connectivity index (χ0v) is 26.8. The SMILES string of the molecule is CC(C)CCOc1ccccc1-c1ccccc1OCc1cn(C[C@@H](CCCN=C(N)N)NC(=O)C(CCCCN)N=[N+]=[N-])nn1. The number of guanidine groups is 1. The van der Waals surface area contributed by atoms with Crippen LogP contribution in [0.1, 0.15) is 58.1 Å². The summed E-state index contributed by atoms with van der Waals surface area (Å²) in [5.74, 6) is 1.71. The Bertz CT molecular complexity index is 1430. The fourth-order valence-electron chi connectivity index (χ4n) is 4.74. The molecule has 7 N–H and O–H groups in total. The normalized spacial score (nSPS) is 12.2. The number of unbranched alkanes of at least 4 members (excludes halogenated alkanes) is 1. The van der Waals surface area contributed by atoms with Crippen molar-refractivity contribution >= 4 is 11.9 Å². The van der Waals surface area contributed by atoms with E-state index in [4.69, 9.17) is 32.2 Å². The molecule has 0 bridgehead atoms. The quantitative estimate of drug-likeness (QED) is 0.0330. The average Bonchev–Trinajstić information content (AvgIpc) is 3.49. The minimum Gasteiger partial charge on any atom is -0.493 e. The van der Waals surface area contributed by atoms with E-state index >= 15 is 0 Å². The molecular formula is C32H47N11O3. The first-order valence-electron chi connectivity index (χ1n) is 15.7. The van der Waals surface area contributed by atoms with Crippen LogP contribution in [0.2, 0.25) is 0 Å². The van der Waals surface area contributed by atoms with Gasteiger partial charge in [-0.3, -0.25) is 14.5 Å². The zero-order valence-electron chi connectivity index (χ0n) is 26.8. The highest BCUT2D eigenvalue weighted by Gasteiger charge is 2.21. The van der Waals surface area contributed by atoms with Crippen LogP contribution >= 0.6 is 0 Å². The minimum absolute atomic E-state index is 0.00791. The maximum absolute atomic E-state index is 13.0. The number of hydrogen-bond acceptors (Lipinski definition) is 8. The predicted molar refractivity (Wildman–Crippen MR) is 179 cm³/mol. The Balaban J connectivity index is 1.69. The van der Waals surface area contributed by atoms with E-state index in [0.717, 1.165) is 29.7 Å². The highest BCUT2D eigenvalue weighted by Crippen LogP contribution is 2.36. The van der Waals surface area contributed by atoms with Crippen molar-refractivity contribution in [2.45, 2.75) is 77.6 Å². The number of carbonyl (C=O) groups excluding carboxylic acids is 1. The summed E-state index contributed by atoms with van der Waals surface area (Å²) >= 11 is 0. The van der Waals surface area contributed by atoms with Gasteiger partial charge in [-0.1, -0.05) is 67.0 Å². The lowest BCUT2D eigenvalue weighted by Gasteiger charge is -2.20. The van der Waals surface area contributed by atoms with Crippen molar-refractivity contribution < 1.29 is 14.3 Å². The van der Waals surface area contributed by atoms with Crippen LogP contribution in [0.4, 0.5) is 0 Å². The lowest BCUT2D eigenvalue weighted by atomic mass is 10.0. The standard InChI is InChI=1S/C32H47N11O3/c1-23(2)16-19-45-29-14-5-3-11-26(29)27-12-4-6-15-30(27)46-22-25-21-43(42-39-25)20-24(10-9-18-37-32(34)35)38-31(44)28(40-41-36)13-7-8-17-33/h3-6,11-12,14-15,21,23-24,28H,7-10,13,16-20,22,33H2,1-2H3,(H,38,44)(H4,34,35,37)/t24-,28?/m1/s1. The van der Waals surface area contributed by atoms with Gasteiger partial charge in [-0.2, -0.15) is 0 Å². The number of aromatic nitrogens is 3. The van der Waals surface area contributed by atoms with Crippen LogP contribution in [-0.2, 0) is 17.9 Å². The molecule has 3 rings (SSSR count). The molecule has 0 saturated carbocycles. The number of carbonyl (C=O) groups is 1. The molecule has 14 nitrogen and oxygen atoms in total. The van der Waals surface area contributed by atoms with E-state index in [1.54, 1.807) is 10.9 Å². The van der Waals surface area contributed by atoms with Gasteiger partial charge in [-0.15, -0.1) is 5.10 Å². The molecule has 3 aromatic rings. The van der Waals surface area contributed by atoms with Crippen molar-refractivity contribution in [2.75, 3.05) is 19.7 Å². The van der Waals surface area contributed by atoms with Gasteiger partial charge in [0, 0.05) is 28.6 Å². The second-order valence-electron chi connectivity index (χ2n) is 11.4. The van der Waals surface area contributed by atoms with E-state index in [1.165, 1.54) is 0 Å². The van der Waals surface area contributed by atoms with Gasteiger partial charge in [0.2, 0.25) is 5.91 Å². The molecule has 0 aliphatic rings. The molecule has 2 atom stereocenters. The lowest BCUT2D eigenvalue weighted by molar-refractivity contribution is -0.123. The van der Waals surface area contributed by atoms with Gasteiger partial charge in [-0.05, 0) is 62.2 Å². The highest BCUT2D eigenvalue weighted by atomic mass is 16.5. The summed E-state index contributed by atoms with van der Waals surface area (Å²) in [7, 11) is 0. The Morgan fingerprint density at radius 1 is 1.00 bits per heavy atom. The lowest BCUT2D eigenvalue weighted by Crippen LogP contribution is -2.43. The van der Waals surface area contributed by atoms with Crippen molar-refractivity contribution in [3.05, 3.63) is 70.9 Å². The minimum atomic E-state index is -0.831. The van der Waals surface area contributed by atoms with Crippen LogP contribution in [0, 0.1) is 5.92 Å². The van der Waals surface area contributed by atoms with Crippen LogP contribution in [0.25, 0.3) is 21.6 Å². The largest absolute Gasteiger partial charge is 0.493 e. The molecular weight excluding hydrogens is 586 g/mol. The van der Waals surface area contributed by atoms with Gasteiger partial charge in [0.05, 0.1) is 19.3 Å². The predicted octanol–water partition coefficient (Wildman–Crippen LogP) is 4.30. The molecule has 2 aromatic carbocycles. The van der Waals surface area contributed by atoms with Crippen molar-refractivity contribution in [3.8, 4) is 22.6 Å². The summed E-state index contributed by atoms with van der Waals surface area (Å²) in [5, 5.41) is 15.3. The van der Waals surface area contributed by atoms with Gasteiger partial charge < -0.3 is 32.0 Å². The van der Waals surface area contributed by atoms with Gasteiger partial charge >= 0.3 is 0 Å². The first kappa shape index (κ1) is 35.7. The Hall–Kier alpha value is -4.81. The Morgan fingerprint density at radius 2 is 1.70 bits per heavy atom. The number of ether oxygens (including phenoxy) is 2. The van der Waals surface area contributed by atoms with E-state index < -0.39 is 6.04 Å². The Labute approximate surface area is 270 Å². The number of rotatable bonds is 21. The van der Waals surface area contributed by atoms with E-state index in [0.29, 0.717) is 69.3 Å². The number of amides is 1. The molecule has 0 aliphatic carbocycles. The summed E-state index contributed by atoms with van der Waals surface area (Å²) in [6, 6.07) is 14.6. The molecule has 0 spiro atoms. The summed E-state index contributed by atoms with van der Waals surface area (Å²) in [4.78, 5) is 19.9. The summed E-state index contributed by atoms with van der Waals surface area (Å²) < 4.78 is 14.0. The van der Waals surface area contributed by atoms with Crippen LogP contribution in [0.3, 0.4) is 0 Å². The summed E-state index contributed by atoms with van der Waals surface area (Å²) in [6.45, 7) is 6.42. The molecule has 0 aliphatic heterocycles. The van der Waals surface area contributed by atoms with Crippen molar-refractivity contribution in [2.24, 2.45) is 33.2 Å². The third kappa shape index (κ3) is 12.3. The number of azide groups is 1. The third-order valence-electron chi connectivity index (χ3n) is 7.16. The first-order valence-corrected chi connectivity index (χ1v) is 15.7. The number of nitrogens with one attached hydrogen (secondary N) is 1. The third-order valence-corrected chi connectivity index (χ3v) is 7.16. The van der Waals surface area contributed by atoms with Crippen LogP contribution < -0.4 is 32.0 Å². The second kappa shape index (κ2) is 19.6. The van der Waals surface area contributed by atoms with E-state index in [9.17, 15) is 4.79 Å². The molecule has 0 fully saturated rings. The molecule has 0 saturated heterocycles. The molecule has 14 heteroatoms. The number of benzene rings is 2. The number of hydrogen-bond donors (Lipinski definition) is 4. The smallest absolute Gasteiger partial charge is 0.229 e. The molecule has 1 heterocycles. The first-order chi connectivity index (χ1) is 22.3. The average molecular weight is 634 g/mol. The van der Waals surface area contributed by atoms with Crippen molar-refractivity contribution in [1.82, 2.24) is 20.3 Å². The second-order valence-corrected chi connectivity index (χ2v) is 11.4. The van der Waals surface area contributed by atoms with Gasteiger partial charge in [0.1, 0.15) is 29.8 Å². The highest BCUT2D eigenvalue weighted by molar-refractivity contribution is 5.82. The fraction of sp³-hybridized carbons (Fsp3) is 0.500. The van der Waals surface area contributed by atoms with Gasteiger partial charge in [0.25, 0.3) is 0 Å². The number of nitrogens with zero attached hydrogens (tertiary/aromatic N) is 7. The van der Waals surface area contributed by atoms with Crippen molar-refractivity contribution in [3.63, 3.8) is 0 Å². The topological polar surface area (TPSA) is 217 Å². The summed E-state index contributed by atoms with van der Waals surface area (Å²) in [6.07, 6.45) is 5.75. The van der Waals surface area contributed by atoms with Crippen molar-refractivity contribution in [1.29, 1.82) is 0 Å². The number of nitrogens with two attached hydrogens (primary N) is 3. The molecule has 0 radical (unpaired) electrons. The number of para-hydroxylation sites is 2. The molecule has 1 amide bonds. The van der Waals surface area contributed by atoms with E-state index in [2.05, 4.69) is 44.5 Å². The van der Waals surface area contributed by atoms with Crippen LogP contribution in [0.15, 0.2) is 64.8 Å². The van der Waals surface area contributed by atoms with E-state index in [1.807, 2.05) is 48.5 Å².